The summed E-state index contributed by atoms with van der Waals surface area (Å²) in [6.07, 6.45) is 2.73. The quantitative estimate of drug-likeness (QED) is 0.806. The maximum Gasteiger partial charge on any atom is 0.134 e. The number of rotatable bonds is 6. The van der Waals surface area contributed by atoms with Gasteiger partial charge in [-0.25, -0.2) is 4.98 Å². The van der Waals surface area contributed by atoms with Crippen molar-refractivity contribution in [2.75, 3.05) is 18.3 Å². The summed E-state index contributed by atoms with van der Waals surface area (Å²) in [5.74, 6) is 2.90. The van der Waals surface area contributed by atoms with Crippen LogP contribution in [0.2, 0.25) is 0 Å². The van der Waals surface area contributed by atoms with Crippen molar-refractivity contribution in [2.45, 2.75) is 26.3 Å². The second-order valence-electron chi connectivity index (χ2n) is 5.19. The lowest BCUT2D eigenvalue weighted by molar-refractivity contribution is 0.420. The molecule has 2 rings (SSSR count). The van der Waals surface area contributed by atoms with Crippen molar-refractivity contribution >= 4 is 28.2 Å². The number of methoxy groups -OCH3 is 1. The molecule has 20 heavy (non-hydrogen) atoms. The van der Waals surface area contributed by atoms with Gasteiger partial charge in [-0.05, 0) is 24.5 Å². The maximum absolute atomic E-state index is 5.89. The number of ether oxygens (including phenoxy) is 1. The van der Waals surface area contributed by atoms with Crippen LogP contribution in [0.4, 0.5) is 5.82 Å². The van der Waals surface area contributed by atoms with Crippen LogP contribution in [0.15, 0.2) is 30.5 Å². The molecule has 0 aliphatic carbocycles. The Balaban J connectivity index is 2.39. The van der Waals surface area contributed by atoms with Crippen LogP contribution in [0.25, 0.3) is 10.8 Å². The van der Waals surface area contributed by atoms with E-state index in [1.54, 1.807) is 7.11 Å². The number of fused-ring (bicyclic) bond motifs is 1. The molecule has 0 aliphatic rings. The Bertz CT molecular complexity index is 571. The first-order valence-corrected chi connectivity index (χ1v) is 7.45. The number of nitrogens with zero attached hydrogens (tertiary/aromatic N) is 1. The number of alkyl halides is 1. The fourth-order valence-corrected chi connectivity index (χ4v) is 2.57. The number of hydrogen-bond acceptors (Lipinski definition) is 3. The first-order chi connectivity index (χ1) is 9.67. The van der Waals surface area contributed by atoms with Crippen LogP contribution < -0.4 is 10.1 Å². The van der Waals surface area contributed by atoms with Gasteiger partial charge in [-0.15, -0.1) is 11.6 Å². The number of halogens is 1. The average Bonchev–Trinajstić information content (AvgIpc) is 2.46. The molecule has 0 saturated carbocycles. The molecule has 0 saturated heterocycles. The van der Waals surface area contributed by atoms with E-state index in [4.69, 9.17) is 16.3 Å². The minimum atomic E-state index is 0.316. The van der Waals surface area contributed by atoms with Gasteiger partial charge >= 0.3 is 0 Å². The van der Waals surface area contributed by atoms with Crippen LogP contribution in [-0.4, -0.2) is 24.0 Å². The first-order valence-electron chi connectivity index (χ1n) is 6.91. The summed E-state index contributed by atoms with van der Waals surface area (Å²) in [5, 5.41) is 5.67. The van der Waals surface area contributed by atoms with Gasteiger partial charge < -0.3 is 10.1 Å². The van der Waals surface area contributed by atoms with E-state index in [1.807, 2.05) is 24.4 Å². The second kappa shape index (κ2) is 6.80. The Morgan fingerprint density at radius 2 is 2.05 bits per heavy atom. The summed E-state index contributed by atoms with van der Waals surface area (Å²) in [6.45, 7) is 4.38. The molecule has 2 aromatic rings. The van der Waals surface area contributed by atoms with Gasteiger partial charge in [-0.1, -0.05) is 26.0 Å². The second-order valence-corrected chi connectivity index (χ2v) is 5.57. The molecule has 0 radical (unpaired) electrons. The van der Waals surface area contributed by atoms with E-state index in [-0.39, 0.29) is 0 Å². The zero-order chi connectivity index (χ0) is 14.5. The van der Waals surface area contributed by atoms with Crippen LogP contribution in [-0.2, 0) is 0 Å². The lowest BCUT2D eigenvalue weighted by atomic mass is 10.0. The third-order valence-corrected chi connectivity index (χ3v) is 3.75. The topological polar surface area (TPSA) is 34.1 Å². The molecular weight excluding hydrogens is 272 g/mol. The SMILES string of the molecule is COc1cccc2c(NC(CCCl)C(C)C)nccc12. The number of hydrogen-bond donors (Lipinski definition) is 1. The summed E-state index contributed by atoms with van der Waals surface area (Å²) in [5.41, 5.74) is 0. The Morgan fingerprint density at radius 1 is 1.25 bits per heavy atom. The molecule has 0 fully saturated rings. The van der Waals surface area contributed by atoms with Crippen LogP contribution in [0.1, 0.15) is 20.3 Å². The van der Waals surface area contributed by atoms with E-state index in [2.05, 4.69) is 30.2 Å². The predicted molar refractivity (Wildman–Crippen MR) is 85.9 cm³/mol. The summed E-state index contributed by atoms with van der Waals surface area (Å²) < 4.78 is 5.41. The lowest BCUT2D eigenvalue weighted by Gasteiger charge is -2.23. The standard InChI is InChI=1S/C16H21ClN2O/c1-11(2)14(7-9-17)19-16-13-5-4-6-15(20-3)12(13)8-10-18-16/h4-6,8,10-11,14H,7,9H2,1-3H3,(H,18,19). The largest absolute Gasteiger partial charge is 0.496 e. The van der Waals surface area contributed by atoms with Crippen LogP contribution >= 0.6 is 11.6 Å². The molecule has 1 aromatic carbocycles. The molecule has 108 valence electrons. The number of aromatic nitrogens is 1. The first kappa shape index (κ1) is 14.9. The molecule has 1 unspecified atom stereocenters. The highest BCUT2D eigenvalue weighted by molar-refractivity contribution is 6.17. The van der Waals surface area contributed by atoms with Gasteiger partial charge in [-0.2, -0.15) is 0 Å². The van der Waals surface area contributed by atoms with Gasteiger partial charge in [0.05, 0.1) is 7.11 Å². The van der Waals surface area contributed by atoms with Crippen molar-refractivity contribution < 1.29 is 4.74 Å². The van der Waals surface area contributed by atoms with E-state index < -0.39 is 0 Å². The molecular formula is C16H21ClN2O. The Hall–Kier alpha value is -1.48. The smallest absolute Gasteiger partial charge is 0.134 e. The van der Waals surface area contributed by atoms with Crippen LogP contribution in [0.5, 0.6) is 5.75 Å². The van der Waals surface area contributed by atoms with Gasteiger partial charge in [0, 0.05) is 28.9 Å². The Labute approximate surface area is 125 Å². The highest BCUT2D eigenvalue weighted by atomic mass is 35.5. The monoisotopic (exact) mass is 292 g/mol. The molecule has 1 heterocycles. The van der Waals surface area contributed by atoms with Crippen molar-refractivity contribution in [3.8, 4) is 5.75 Å². The van der Waals surface area contributed by atoms with Gasteiger partial charge in [0.1, 0.15) is 11.6 Å². The summed E-state index contributed by atoms with van der Waals surface area (Å²) >= 11 is 5.89. The van der Waals surface area contributed by atoms with Crippen molar-refractivity contribution in [1.29, 1.82) is 0 Å². The highest BCUT2D eigenvalue weighted by Crippen LogP contribution is 2.30. The molecule has 0 bridgehead atoms. The fourth-order valence-electron chi connectivity index (χ4n) is 2.34. The van der Waals surface area contributed by atoms with Crippen LogP contribution in [0, 0.1) is 5.92 Å². The maximum atomic E-state index is 5.89. The number of pyridine rings is 1. The molecule has 0 spiro atoms. The van der Waals surface area contributed by atoms with Gasteiger partial charge in [0.15, 0.2) is 0 Å². The zero-order valence-electron chi connectivity index (χ0n) is 12.2. The Kier molecular flexibility index (Phi) is 5.07. The van der Waals surface area contributed by atoms with Gasteiger partial charge in [0.25, 0.3) is 0 Å². The molecule has 1 atom stereocenters. The fraction of sp³-hybridized carbons (Fsp3) is 0.438. The molecule has 4 heteroatoms. The highest BCUT2D eigenvalue weighted by Gasteiger charge is 2.15. The lowest BCUT2D eigenvalue weighted by Crippen LogP contribution is -2.26. The van der Waals surface area contributed by atoms with E-state index in [1.165, 1.54) is 0 Å². The van der Waals surface area contributed by atoms with Crippen molar-refractivity contribution in [1.82, 2.24) is 4.98 Å². The number of anilines is 1. The third kappa shape index (κ3) is 3.15. The Morgan fingerprint density at radius 3 is 2.70 bits per heavy atom. The number of benzene rings is 1. The molecule has 0 amide bonds. The molecule has 0 aliphatic heterocycles. The molecule has 3 nitrogen and oxygen atoms in total. The summed E-state index contributed by atoms with van der Waals surface area (Å²) in [6, 6.07) is 8.30. The van der Waals surface area contributed by atoms with E-state index >= 15 is 0 Å². The summed E-state index contributed by atoms with van der Waals surface area (Å²) in [4.78, 5) is 4.48. The van der Waals surface area contributed by atoms with E-state index in [0.29, 0.717) is 17.8 Å². The molecule has 1 aromatic heterocycles. The predicted octanol–water partition coefficient (Wildman–Crippen LogP) is 4.31. The number of nitrogens with one attached hydrogen (secondary N) is 1. The van der Waals surface area contributed by atoms with Crippen molar-refractivity contribution in [3.63, 3.8) is 0 Å². The van der Waals surface area contributed by atoms with Gasteiger partial charge in [0.2, 0.25) is 0 Å². The van der Waals surface area contributed by atoms with Crippen molar-refractivity contribution in [2.24, 2.45) is 5.92 Å². The normalized spacial score (nSPS) is 12.7. The third-order valence-electron chi connectivity index (χ3n) is 3.53. The van der Waals surface area contributed by atoms with Crippen LogP contribution in [0.3, 0.4) is 0 Å². The minimum Gasteiger partial charge on any atom is -0.496 e. The van der Waals surface area contributed by atoms with E-state index in [0.717, 1.165) is 28.8 Å². The average molecular weight is 293 g/mol. The summed E-state index contributed by atoms with van der Waals surface area (Å²) in [7, 11) is 1.69. The molecule has 1 N–H and O–H groups in total. The van der Waals surface area contributed by atoms with Gasteiger partial charge in [-0.3, -0.25) is 0 Å². The zero-order valence-corrected chi connectivity index (χ0v) is 12.9. The van der Waals surface area contributed by atoms with Crippen molar-refractivity contribution in [3.05, 3.63) is 30.5 Å². The van der Waals surface area contributed by atoms with E-state index in [9.17, 15) is 0 Å². The minimum absolute atomic E-state index is 0.316.